The normalized spacial score (nSPS) is 12.0. The summed E-state index contributed by atoms with van der Waals surface area (Å²) in [6.45, 7) is 0. The molecule has 0 radical (unpaired) electrons. The number of alkyl halides is 3. The highest BCUT2D eigenvalue weighted by Gasteiger charge is 2.34. The highest BCUT2D eigenvalue weighted by Crippen LogP contribution is 2.37. The molecule has 0 amide bonds. The van der Waals surface area contributed by atoms with Crippen LogP contribution in [0.15, 0.2) is 24.7 Å². The molecule has 3 heterocycles. The topological polar surface area (TPSA) is 67.3 Å². The van der Waals surface area contributed by atoms with Crippen LogP contribution in [0, 0.1) is 0 Å². The zero-order chi connectivity index (χ0) is 14.3. The van der Waals surface area contributed by atoms with E-state index in [1.54, 1.807) is 0 Å². The zero-order valence-corrected chi connectivity index (χ0v) is 10.4. The van der Waals surface area contributed by atoms with E-state index in [4.69, 9.17) is 11.6 Å². The quantitative estimate of drug-likeness (QED) is 0.701. The maximum Gasteiger partial charge on any atom is 0.417 e. The summed E-state index contributed by atoms with van der Waals surface area (Å²) in [4.78, 5) is 11.4. The van der Waals surface area contributed by atoms with E-state index < -0.39 is 11.7 Å². The van der Waals surface area contributed by atoms with Crippen molar-refractivity contribution in [3.8, 4) is 11.3 Å². The molecule has 0 saturated carbocycles. The first-order valence-electron chi connectivity index (χ1n) is 5.35. The predicted octanol–water partition coefficient (Wildman–Crippen LogP) is 3.09. The fraction of sp³-hybridized carbons (Fsp3) is 0.0909. The average molecular weight is 300 g/mol. The number of nitrogens with zero attached hydrogens (tertiary/aromatic N) is 4. The van der Waals surface area contributed by atoms with E-state index in [0.717, 1.165) is 18.5 Å². The summed E-state index contributed by atoms with van der Waals surface area (Å²) in [7, 11) is 0. The smallest absolute Gasteiger partial charge is 0.264 e. The van der Waals surface area contributed by atoms with E-state index in [1.807, 2.05) is 0 Å². The first-order chi connectivity index (χ1) is 9.47. The zero-order valence-electron chi connectivity index (χ0n) is 9.61. The fourth-order valence-electron chi connectivity index (χ4n) is 1.84. The molecule has 0 aliphatic heterocycles. The number of hydrogen-bond acceptors (Lipinski definition) is 4. The third kappa shape index (κ3) is 2.07. The maximum absolute atomic E-state index is 13.0. The molecule has 5 nitrogen and oxygen atoms in total. The third-order valence-electron chi connectivity index (χ3n) is 2.66. The van der Waals surface area contributed by atoms with Gasteiger partial charge in [-0.3, -0.25) is 10.1 Å². The summed E-state index contributed by atoms with van der Waals surface area (Å²) in [6, 6.07) is 0.886. The van der Waals surface area contributed by atoms with Crippen molar-refractivity contribution in [2.24, 2.45) is 0 Å². The van der Waals surface area contributed by atoms with Crippen LogP contribution in [0.3, 0.4) is 0 Å². The summed E-state index contributed by atoms with van der Waals surface area (Å²) < 4.78 is 39.1. The van der Waals surface area contributed by atoms with Crippen molar-refractivity contribution >= 4 is 22.6 Å². The molecule has 1 N–H and O–H groups in total. The molecule has 0 unspecified atom stereocenters. The van der Waals surface area contributed by atoms with Crippen molar-refractivity contribution in [3.63, 3.8) is 0 Å². The van der Waals surface area contributed by atoms with E-state index >= 15 is 0 Å². The summed E-state index contributed by atoms with van der Waals surface area (Å²) in [6.07, 6.45) is -1.02. The molecular formula is C11H5ClF3N5. The second-order valence-electron chi connectivity index (χ2n) is 3.89. The summed E-state index contributed by atoms with van der Waals surface area (Å²) in [5.74, 6) is 0. The van der Waals surface area contributed by atoms with Crippen LogP contribution in [0.25, 0.3) is 22.3 Å². The number of aromatic amines is 1. The van der Waals surface area contributed by atoms with Gasteiger partial charge in [0.05, 0.1) is 22.8 Å². The van der Waals surface area contributed by atoms with Gasteiger partial charge >= 0.3 is 6.18 Å². The number of pyridine rings is 1. The van der Waals surface area contributed by atoms with E-state index in [0.29, 0.717) is 5.39 Å². The Morgan fingerprint density at radius 3 is 2.70 bits per heavy atom. The van der Waals surface area contributed by atoms with Crippen molar-refractivity contribution in [2.45, 2.75) is 6.18 Å². The van der Waals surface area contributed by atoms with Crippen LogP contribution in [0.5, 0.6) is 0 Å². The lowest BCUT2D eigenvalue weighted by Crippen LogP contribution is -2.08. The van der Waals surface area contributed by atoms with Crippen molar-refractivity contribution in [1.29, 1.82) is 0 Å². The Balaban J connectivity index is 2.34. The minimum absolute atomic E-state index is 0.0363. The van der Waals surface area contributed by atoms with Crippen LogP contribution < -0.4 is 0 Å². The van der Waals surface area contributed by atoms with Gasteiger partial charge in [0, 0.05) is 18.0 Å². The van der Waals surface area contributed by atoms with Gasteiger partial charge in [-0.15, -0.1) is 0 Å². The van der Waals surface area contributed by atoms with E-state index in [-0.39, 0.29) is 22.2 Å². The molecule has 3 aromatic heterocycles. The van der Waals surface area contributed by atoms with Crippen LogP contribution in [0.2, 0.25) is 5.28 Å². The molecule has 0 fully saturated rings. The number of rotatable bonds is 1. The highest BCUT2D eigenvalue weighted by molar-refractivity contribution is 6.28. The molecule has 0 atom stereocenters. The minimum Gasteiger partial charge on any atom is -0.264 e. The lowest BCUT2D eigenvalue weighted by Gasteiger charge is -2.12. The number of hydrogen-bond donors (Lipinski definition) is 1. The van der Waals surface area contributed by atoms with Gasteiger partial charge in [0.2, 0.25) is 5.28 Å². The molecule has 3 rings (SSSR count). The summed E-state index contributed by atoms with van der Waals surface area (Å²) in [5, 5.41) is 6.44. The van der Waals surface area contributed by atoms with Gasteiger partial charge in [-0.2, -0.15) is 23.3 Å². The Kier molecular flexibility index (Phi) is 2.82. The standard InChI is InChI=1S/C11H5ClF3N5/c12-10-18-8(6-4-17-20-9(6)19-10)5-3-16-2-1-7(5)11(13,14)15/h1-4H,(H,17,18,19,20). The van der Waals surface area contributed by atoms with E-state index in [2.05, 4.69) is 25.1 Å². The molecular weight excluding hydrogens is 295 g/mol. The Labute approximate surface area is 114 Å². The minimum atomic E-state index is -4.52. The maximum atomic E-state index is 13.0. The van der Waals surface area contributed by atoms with Crippen LogP contribution in [-0.2, 0) is 6.18 Å². The number of nitrogens with one attached hydrogen (secondary N) is 1. The van der Waals surface area contributed by atoms with Crippen LogP contribution >= 0.6 is 11.6 Å². The molecule has 20 heavy (non-hydrogen) atoms. The van der Waals surface area contributed by atoms with Gasteiger partial charge in [0.1, 0.15) is 0 Å². The van der Waals surface area contributed by atoms with E-state index in [1.165, 1.54) is 6.20 Å². The first kappa shape index (κ1) is 12.8. The van der Waals surface area contributed by atoms with Gasteiger partial charge in [-0.05, 0) is 17.7 Å². The van der Waals surface area contributed by atoms with Gasteiger partial charge in [0.25, 0.3) is 0 Å². The second-order valence-corrected chi connectivity index (χ2v) is 4.23. The van der Waals surface area contributed by atoms with Gasteiger partial charge < -0.3 is 0 Å². The fourth-order valence-corrected chi connectivity index (χ4v) is 2.01. The van der Waals surface area contributed by atoms with E-state index in [9.17, 15) is 13.2 Å². The third-order valence-corrected chi connectivity index (χ3v) is 2.83. The molecule has 3 aromatic rings. The second kappa shape index (κ2) is 4.41. The van der Waals surface area contributed by atoms with Crippen molar-refractivity contribution in [2.75, 3.05) is 0 Å². The van der Waals surface area contributed by atoms with Crippen molar-refractivity contribution < 1.29 is 13.2 Å². The lowest BCUT2D eigenvalue weighted by molar-refractivity contribution is -0.137. The van der Waals surface area contributed by atoms with Gasteiger partial charge in [-0.25, -0.2) is 4.98 Å². The SMILES string of the molecule is FC(F)(F)c1ccncc1-c1nc(Cl)nc2[nH]ncc12. The predicted molar refractivity (Wildman–Crippen MR) is 64.9 cm³/mol. The Bertz CT molecular complexity index is 783. The van der Waals surface area contributed by atoms with Gasteiger partial charge in [0.15, 0.2) is 5.65 Å². The molecule has 0 bridgehead atoms. The summed E-state index contributed by atoms with van der Waals surface area (Å²) >= 11 is 5.73. The number of H-pyrrole nitrogens is 1. The Morgan fingerprint density at radius 1 is 1.15 bits per heavy atom. The van der Waals surface area contributed by atoms with Crippen LogP contribution in [-0.4, -0.2) is 25.1 Å². The molecule has 0 saturated heterocycles. The molecule has 0 aliphatic carbocycles. The van der Waals surface area contributed by atoms with Crippen LogP contribution in [0.4, 0.5) is 13.2 Å². The first-order valence-corrected chi connectivity index (χ1v) is 5.73. The average Bonchev–Trinajstić information content (AvgIpc) is 2.84. The summed E-state index contributed by atoms with van der Waals surface area (Å²) in [5.41, 5.74) is -0.716. The lowest BCUT2D eigenvalue weighted by atomic mass is 10.1. The van der Waals surface area contributed by atoms with Crippen LogP contribution in [0.1, 0.15) is 5.56 Å². The van der Waals surface area contributed by atoms with Crippen molar-refractivity contribution in [3.05, 3.63) is 35.5 Å². The molecule has 9 heteroatoms. The number of aromatic nitrogens is 5. The van der Waals surface area contributed by atoms with Gasteiger partial charge in [-0.1, -0.05) is 0 Å². The Morgan fingerprint density at radius 2 is 1.95 bits per heavy atom. The highest BCUT2D eigenvalue weighted by atomic mass is 35.5. The molecule has 0 aromatic carbocycles. The number of halogens is 4. The largest absolute Gasteiger partial charge is 0.417 e. The monoisotopic (exact) mass is 299 g/mol. The molecule has 0 spiro atoms. The molecule has 102 valence electrons. The number of fused-ring (bicyclic) bond motifs is 1. The van der Waals surface area contributed by atoms with Crippen molar-refractivity contribution in [1.82, 2.24) is 25.1 Å². The Hall–Kier alpha value is -2.22. The molecule has 0 aliphatic rings.